The third-order valence-corrected chi connectivity index (χ3v) is 4.13. The van der Waals surface area contributed by atoms with Crippen LogP contribution in [0.15, 0.2) is 47.5 Å². The SMILES string of the molecule is COc1ccc(NC(C)=O)cc1NC(=O)Cn1cnc2cc([N+](=O)[O-])ccc2c1=O. The molecular formula is C19H17N5O6. The molecule has 0 saturated heterocycles. The first kappa shape index (κ1) is 20.5. The van der Waals surface area contributed by atoms with E-state index < -0.39 is 16.4 Å². The molecule has 1 aromatic heterocycles. The maximum Gasteiger partial charge on any atom is 0.271 e. The molecule has 2 aromatic carbocycles. The summed E-state index contributed by atoms with van der Waals surface area (Å²) in [5, 5.41) is 16.2. The fourth-order valence-corrected chi connectivity index (χ4v) is 2.80. The van der Waals surface area contributed by atoms with Crippen molar-refractivity contribution in [1.82, 2.24) is 9.55 Å². The number of nitro groups is 1. The van der Waals surface area contributed by atoms with Crippen LogP contribution in [0.2, 0.25) is 0 Å². The molecule has 0 aliphatic heterocycles. The molecule has 1 heterocycles. The van der Waals surface area contributed by atoms with Crippen LogP contribution in [0, 0.1) is 10.1 Å². The van der Waals surface area contributed by atoms with Gasteiger partial charge < -0.3 is 15.4 Å². The van der Waals surface area contributed by atoms with E-state index in [4.69, 9.17) is 4.74 Å². The Morgan fingerprint density at radius 1 is 1.20 bits per heavy atom. The van der Waals surface area contributed by atoms with Gasteiger partial charge in [0.1, 0.15) is 12.3 Å². The molecule has 154 valence electrons. The number of benzene rings is 2. The summed E-state index contributed by atoms with van der Waals surface area (Å²) in [5.74, 6) is -0.432. The lowest BCUT2D eigenvalue weighted by molar-refractivity contribution is -0.384. The topological polar surface area (TPSA) is 145 Å². The number of hydrogen-bond donors (Lipinski definition) is 2. The Kier molecular flexibility index (Phi) is 5.72. The van der Waals surface area contributed by atoms with Gasteiger partial charge in [0.15, 0.2) is 0 Å². The lowest BCUT2D eigenvalue weighted by Gasteiger charge is -2.13. The van der Waals surface area contributed by atoms with Gasteiger partial charge in [0, 0.05) is 24.7 Å². The van der Waals surface area contributed by atoms with Crippen molar-refractivity contribution in [2.45, 2.75) is 13.5 Å². The minimum Gasteiger partial charge on any atom is -0.495 e. The molecule has 0 spiro atoms. The standard InChI is InChI=1S/C19H17N5O6/c1-11(25)21-12-3-6-17(30-2)16(7-12)22-18(26)9-23-10-20-15-8-13(24(28)29)4-5-14(15)19(23)27/h3-8,10H,9H2,1-2H3,(H,21,25)(H,22,26). The molecule has 11 nitrogen and oxygen atoms in total. The maximum atomic E-state index is 12.6. The predicted molar refractivity (Wildman–Crippen MR) is 109 cm³/mol. The highest BCUT2D eigenvalue weighted by molar-refractivity contribution is 5.95. The smallest absolute Gasteiger partial charge is 0.271 e. The van der Waals surface area contributed by atoms with E-state index in [1.165, 1.54) is 38.3 Å². The number of methoxy groups -OCH3 is 1. The summed E-state index contributed by atoms with van der Waals surface area (Å²) >= 11 is 0. The summed E-state index contributed by atoms with van der Waals surface area (Å²) < 4.78 is 6.30. The van der Waals surface area contributed by atoms with E-state index in [0.717, 1.165) is 10.9 Å². The van der Waals surface area contributed by atoms with E-state index >= 15 is 0 Å². The molecule has 30 heavy (non-hydrogen) atoms. The molecule has 0 aliphatic rings. The van der Waals surface area contributed by atoms with Crippen LogP contribution in [0.25, 0.3) is 10.9 Å². The average Bonchev–Trinajstić information content (AvgIpc) is 2.69. The number of amides is 2. The van der Waals surface area contributed by atoms with Crippen molar-refractivity contribution in [3.63, 3.8) is 0 Å². The highest BCUT2D eigenvalue weighted by Gasteiger charge is 2.14. The van der Waals surface area contributed by atoms with Crippen molar-refractivity contribution in [2.24, 2.45) is 0 Å². The lowest BCUT2D eigenvalue weighted by Crippen LogP contribution is -2.28. The Morgan fingerprint density at radius 3 is 2.63 bits per heavy atom. The quantitative estimate of drug-likeness (QED) is 0.465. The molecule has 11 heteroatoms. The number of nitrogens with one attached hydrogen (secondary N) is 2. The minimum atomic E-state index is -0.581. The molecule has 0 fully saturated rings. The van der Waals surface area contributed by atoms with Crippen LogP contribution in [0.1, 0.15) is 6.92 Å². The number of hydrogen-bond acceptors (Lipinski definition) is 7. The van der Waals surface area contributed by atoms with Gasteiger partial charge in [-0.05, 0) is 24.3 Å². The van der Waals surface area contributed by atoms with Crippen molar-refractivity contribution >= 4 is 39.8 Å². The normalized spacial score (nSPS) is 10.5. The van der Waals surface area contributed by atoms with E-state index in [1.807, 2.05) is 0 Å². The fourth-order valence-electron chi connectivity index (χ4n) is 2.80. The second-order valence-electron chi connectivity index (χ2n) is 6.28. The van der Waals surface area contributed by atoms with Gasteiger partial charge in [0.2, 0.25) is 11.8 Å². The van der Waals surface area contributed by atoms with Gasteiger partial charge in [-0.2, -0.15) is 0 Å². The van der Waals surface area contributed by atoms with Gasteiger partial charge >= 0.3 is 0 Å². The summed E-state index contributed by atoms with van der Waals surface area (Å²) in [6.07, 6.45) is 1.15. The van der Waals surface area contributed by atoms with Crippen LogP contribution >= 0.6 is 0 Å². The third-order valence-electron chi connectivity index (χ3n) is 4.13. The summed E-state index contributed by atoms with van der Waals surface area (Å²) in [4.78, 5) is 50.6. The number of carbonyl (C=O) groups excluding carboxylic acids is 2. The van der Waals surface area contributed by atoms with Crippen molar-refractivity contribution in [3.05, 3.63) is 63.2 Å². The summed E-state index contributed by atoms with van der Waals surface area (Å²) in [6, 6.07) is 8.42. The van der Waals surface area contributed by atoms with Crippen LogP contribution < -0.4 is 20.9 Å². The Labute approximate surface area is 169 Å². The zero-order valence-electron chi connectivity index (χ0n) is 16.0. The number of rotatable bonds is 6. The van der Waals surface area contributed by atoms with Crippen LogP contribution in [0.4, 0.5) is 17.1 Å². The van der Waals surface area contributed by atoms with E-state index in [9.17, 15) is 24.5 Å². The molecule has 2 N–H and O–H groups in total. The third kappa shape index (κ3) is 4.41. The Bertz CT molecular complexity index is 1220. The molecular weight excluding hydrogens is 394 g/mol. The molecule has 2 amide bonds. The molecule has 0 aliphatic carbocycles. The van der Waals surface area contributed by atoms with Crippen molar-refractivity contribution in [1.29, 1.82) is 0 Å². The van der Waals surface area contributed by atoms with E-state index in [1.54, 1.807) is 12.1 Å². The second-order valence-corrected chi connectivity index (χ2v) is 6.28. The van der Waals surface area contributed by atoms with E-state index in [2.05, 4.69) is 15.6 Å². The zero-order valence-corrected chi connectivity index (χ0v) is 16.0. The summed E-state index contributed by atoms with van der Waals surface area (Å²) in [5.41, 5.74) is 0.242. The van der Waals surface area contributed by atoms with E-state index in [0.29, 0.717) is 17.1 Å². The molecule has 3 aromatic rings. The first-order valence-corrected chi connectivity index (χ1v) is 8.67. The van der Waals surface area contributed by atoms with Gasteiger partial charge in [0.05, 0.1) is 35.0 Å². The van der Waals surface area contributed by atoms with Gasteiger partial charge in [-0.1, -0.05) is 0 Å². The minimum absolute atomic E-state index is 0.154. The highest BCUT2D eigenvalue weighted by Crippen LogP contribution is 2.28. The molecule has 0 atom stereocenters. The summed E-state index contributed by atoms with van der Waals surface area (Å²) in [6.45, 7) is 1.02. The maximum absolute atomic E-state index is 12.6. The molecule has 0 bridgehead atoms. The number of non-ortho nitro benzene ring substituents is 1. The van der Waals surface area contributed by atoms with Gasteiger partial charge in [-0.3, -0.25) is 29.1 Å². The number of aromatic nitrogens is 2. The van der Waals surface area contributed by atoms with Gasteiger partial charge in [-0.25, -0.2) is 4.98 Å². The molecule has 0 unspecified atom stereocenters. The van der Waals surface area contributed by atoms with E-state index in [-0.39, 0.29) is 29.0 Å². The zero-order chi connectivity index (χ0) is 21.8. The average molecular weight is 411 g/mol. The number of anilines is 2. The molecule has 0 radical (unpaired) electrons. The number of nitro benzene ring substituents is 1. The fraction of sp³-hybridized carbons (Fsp3) is 0.158. The van der Waals surface area contributed by atoms with Crippen molar-refractivity contribution in [3.8, 4) is 5.75 Å². The largest absolute Gasteiger partial charge is 0.495 e. The van der Waals surface area contributed by atoms with Crippen molar-refractivity contribution < 1.29 is 19.2 Å². The Hall–Kier alpha value is -4.28. The predicted octanol–water partition coefficient (Wildman–Crippen LogP) is 1.91. The Morgan fingerprint density at radius 2 is 1.97 bits per heavy atom. The van der Waals surface area contributed by atoms with Crippen LogP contribution in [-0.4, -0.2) is 33.4 Å². The number of carbonyl (C=O) groups is 2. The highest BCUT2D eigenvalue weighted by atomic mass is 16.6. The summed E-state index contributed by atoms with van der Waals surface area (Å²) in [7, 11) is 1.43. The van der Waals surface area contributed by atoms with Crippen molar-refractivity contribution in [2.75, 3.05) is 17.7 Å². The number of nitrogens with zero attached hydrogens (tertiary/aromatic N) is 3. The first-order chi connectivity index (χ1) is 14.3. The van der Waals surface area contributed by atoms with Crippen LogP contribution in [-0.2, 0) is 16.1 Å². The molecule has 3 rings (SSSR count). The first-order valence-electron chi connectivity index (χ1n) is 8.67. The number of ether oxygens (including phenoxy) is 1. The second kappa shape index (κ2) is 8.39. The van der Waals surface area contributed by atoms with Crippen LogP contribution in [0.3, 0.4) is 0 Å². The molecule has 0 saturated carbocycles. The lowest BCUT2D eigenvalue weighted by atomic mass is 10.2. The van der Waals surface area contributed by atoms with Gasteiger partial charge in [-0.15, -0.1) is 0 Å². The number of fused-ring (bicyclic) bond motifs is 1. The van der Waals surface area contributed by atoms with Crippen LogP contribution in [0.5, 0.6) is 5.75 Å². The monoisotopic (exact) mass is 411 g/mol. The Balaban J connectivity index is 1.84. The van der Waals surface area contributed by atoms with Gasteiger partial charge in [0.25, 0.3) is 11.2 Å².